The molecule has 7 heteroatoms. The highest BCUT2D eigenvalue weighted by molar-refractivity contribution is 7.14. The van der Waals surface area contributed by atoms with Gasteiger partial charge < -0.3 is 10.2 Å². The SMILES string of the molecule is C=Cc1cccc(C(=O)NC[C@@H]2[C@H](C)CCCN2C(=O)c2sc(C)nc2-c2ccccc2)c1N=C. The minimum atomic E-state index is -0.236. The number of nitrogens with zero attached hydrogens (tertiary/aromatic N) is 3. The van der Waals surface area contributed by atoms with Crippen LogP contribution in [0.2, 0.25) is 0 Å². The summed E-state index contributed by atoms with van der Waals surface area (Å²) in [6.45, 7) is 12.5. The molecule has 0 unspecified atom stereocenters. The summed E-state index contributed by atoms with van der Waals surface area (Å²) < 4.78 is 0. The highest BCUT2D eigenvalue weighted by Gasteiger charge is 2.35. The Labute approximate surface area is 210 Å². The number of hydrogen-bond acceptors (Lipinski definition) is 5. The van der Waals surface area contributed by atoms with Gasteiger partial charge >= 0.3 is 0 Å². The fourth-order valence-corrected chi connectivity index (χ4v) is 5.58. The molecule has 0 bridgehead atoms. The normalized spacial score (nSPS) is 17.6. The Kier molecular flexibility index (Phi) is 7.56. The van der Waals surface area contributed by atoms with E-state index < -0.39 is 0 Å². The van der Waals surface area contributed by atoms with Crippen molar-refractivity contribution >= 4 is 41.6 Å². The lowest BCUT2D eigenvalue weighted by atomic mass is 9.90. The average Bonchev–Trinajstić information content (AvgIpc) is 3.28. The monoisotopic (exact) mass is 486 g/mol. The van der Waals surface area contributed by atoms with Gasteiger partial charge in [-0.1, -0.05) is 62.0 Å². The molecule has 4 rings (SSSR count). The topological polar surface area (TPSA) is 74.7 Å². The number of rotatable bonds is 7. The third-order valence-electron chi connectivity index (χ3n) is 6.51. The lowest BCUT2D eigenvalue weighted by Crippen LogP contribution is -2.53. The van der Waals surface area contributed by atoms with Crippen LogP contribution in [-0.2, 0) is 0 Å². The summed E-state index contributed by atoms with van der Waals surface area (Å²) in [4.78, 5) is 38.2. The van der Waals surface area contributed by atoms with Crippen LogP contribution < -0.4 is 5.32 Å². The van der Waals surface area contributed by atoms with Crippen LogP contribution in [0.1, 0.15) is 50.4 Å². The number of aryl methyl sites for hydroxylation is 1. The van der Waals surface area contributed by atoms with Crippen LogP contribution in [0, 0.1) is 12.8 Å². The van der Waals surface area contributed by atoms with Crippen molar-refractivity contribution in [2.75, 3.05) is 13.1 Å². The number of piperidine rings is 1. The number of para-hydroxylation sites is 1. The van der Waals surface area contributed by atoms with Crippen molar-refractivity contribution in [2.24, 2.45) is 10.9 Å². The Morgan fingerprint density at radius 3 is 2.71 bits per heavy atom. The van der Waals surface area contributed by atoms with Gasteiger partial charge in [-0.2, -0.15) is 0 Å². The zero-order valence-electron chi connectivity index (χ0n) is 20.2. The predicted octanol–water partition coefficient (Wildman–Crippen LogP) is 5.76. The van der Waals surface area contributed by atoms with Gasteiger partial charge in [-0.3, -0.25) is 14.6 Å². The number of aliphatic imine (C=N–C) groups is 1. The highest BCUT2D eigenvalue weighted by atomic mass is 32.1. The Bertz CT molecular complexity index is 1250. The summed E-state index contributed by atoms with van der Waals surface area (Å²) in [5.41, 5.74) is 3.37. The van der Waals surface area contributed by atoms with Gasteiger partial charge in [0, 0.05) is 24.2 Å². The first-order valence-electron chi connectivity index (χ1n) is 11.8. The zero-order valence-corrected chi connectivity index (χ0v) is 21.0. The third-order valence-corrected chi connectivity index (χ3v) is 7.47. The van der Waals surface area contributed by atoms with Gasteiger partial charge in [-0.05, 0) is 38.5 Å². The van der Waals surface area contributed by atoms with E-state index in [1.165, 1.54) is 11.3 Å². The molecule has 6 nitrogen and oxygen atoms in total. The first-order chi connectivity index (χ1) is 16.9. The molecule has 1 aliphatic heterocycles. The van der Waals surface area contributed by atoms with Crippen molar-refractivity contribution in [3.63, 3.8) is 0 Å². The number of aromatic nitrogens is 1. The maximum Gasteiger partial charge on any atom is 0.266 e. The van der Waals surface area contributed by atoms with Crippen LogP contribution in [0.3, 0.4) is 0 Å². The van der Waals surface area contributed by atoms with E-state index in [1.54, 1.807) is 18.2 Å². The quantitative estimate of drug-likeness (QED) is 0.431. The lowest BCUT2D eigenvalue weighted by Gasteiger charge is -2.40. The van der Waals surface area contributed by atoms with Gasteiger partial charge in [0.1, 0.15) is 4.88 Å². The molecular formula is C28H30N4O2S. The standard InChI is InChI=1S/C28H30N4O2S/c1-5-20-14-9-15-22(24(20)29-4)27(33)30-17-23-18(2)11-10-16-32(23)28(34)26-25(31-19(3)35-26)21-12-7-6-8-13-21/h5-9,12-15,18,23H,1,4,10-11,16-17H2,2-3H3,(H,30,33)/t18-,23-/m1/s1. The van der Waals surface area contributed by atoms with E-state index in [4.69, 9.17) is 0 Å². The first-order valence-corrected chi connectivity index (χ1v) is 12.6. The van der Waals surface area contributed by atoms with E-state index in [1.807, 2.05) is 48.2 Å². The Morgan fingerprint density at radius 1 is 1.23 bits per heavy atom. The molecule has 2 heterocycles. The third kappa shape index (κ3) is 5.10. The maximum atomic E-state index is 13.8. The number of hydrogen-bond donors (Lipinski definition) is 1. The molecule has 35 heavy (non-hydrogen) atoms. The van der Waals surface area contributed by atoms with Crippen molar-refractivity contribution in [1.29, 1.82) is 0 Å². The minimum absolute atomic E-state index is 0.0256. The van der Waals surface area contributed by atoms with Gasteiger partial charge in [-0.25, -0.2) is 4.98 Å². The number of amides is 2. The molecular weight excluding hydrogens is 456 g/mol. The number of nitrogens with one attached hydrogen (secondary N) is 1. The summed E-state index contributed by atoms with van der Waals surface area (Å²) in [7, 11) is 0. The second-order valence-electron chi connectivity index (χ2n) is 8.78. The summed E-state index contributed by atoms with van der Waals surface area (Å²) in [5, 5.41) is 3.90. The fourth-order valence-electron chi connectivity index (χ4n) is 4.68. The number of benzene rings is 2. The molecule has 1 saturated heterocycles. The molecule has 0 aliphatic carbocycles. The molecule has 1 fully saturated rings. The van der Waals surface area contributed by atoms with Gasteiger partial charge in [-0.15, -0.1) is 11.3 Å². The molecule has 1 N–H and O–H groups in total. The van der Waals surface area contributed by atoms with E-state index in [-0.39, 0.29) is 23.8 Å². The predicted molar refractivity (Wildman–Crippen MR) is 144 cm³/mol. The summed E-state index contributed by atoms with van der Waals surface area (Å²) in [6.07, 6.45) is 3.59. The molecule has 0 saturated carbocycles. The van der Waals surface area contributed by atoms with Crippen LogP contribution in [0.25, 0.3) is 17.3 Å². The van der Waals surface area contributed by atoms with Gasteiger partial charge in [0.05, 0.1) is 28.0 Å². The summed E-state index contributed by atoms with van der Waals surface area (Å²) in [6, 6.07) is 15.1. The maximum absolute atomic E-state index is 13.8. The summed E-state index contributed by atoms with van der Waals surface area (Å²) >= 11 is 1.43. The van der Waals surface area contributed by atoms with Gasteiger partial charge in [0.25, 0.3) is 11.8 Å². The van der Waals surface area contributed by atoms with E-state index in [0.29, 0.717) is 29.2 Å². The molecule has 0 radical (unpaired) electrons. The first kappa shape index (κ1) is 24.5. The lowest BCUT2D eigenvalue weighted by molar-refractivity contribution is 0.0512. The van der Waals surface area contributed by atoms with Crippen molar-refractivity contribution in [3.05, 3.63) is 76.1 Å². The van der Waals surface area contributed by atoms with Crippen LogP contribution >= 0.6 is 11.3 Å². The van der Waals surface area contributed by atoms with Crippen LogP contribution in [0.4, 0.5) is 5.69 Å². The number of likely N-dealkylation sites (tertiary alicyclic amines) is 1. The second kappa shape index (κ2) is 10.8. The van der Waals surface area contributed by atoms with Crippen molar-refractivity contribution in [1.82, 2.24) is 15.2 Å². The van der Waals surface area contributed by atoms with Crippen molar-refractivity contribution < 1.29 is 9.59 Å². The smallest absolute Gasteiger partial charge is 0.266 e. The molecule has 2 aromatic carbocycles. The Hall–Kier alpha value is -3.58. The molecule has 180 valence electrons. The summed E-state index contributed by atoms with van der Waals surface area (Å²) in [5.74, 6) is -0.0130. The van der Waals surface area contributed by atoms with Gasteiger partial charge in [0.15, 0.2) is 0 Å². The minimum Gasteiger partial charge on any atom is -0.350 e. The number of carbonyl (C=O) groups excluding carboxylic acids is 2. The molecule has 1 aromatic heterocycles. The molecule has 0 spiro atoms. The van der Waals surface area contributed by atoms with Gasteiger partial charge in [0.2, 0.25) is 0 Å². The van der Waals surface area contributed by atoms with E-state index in [9.17, 15) is 9.59 Å². The van der Waals surface area contributed by atoms with E-state index in [0.717, 1.165) is 34.7 Å². The highest BCUT2D eigenvalue weighted by Crippen LogP contribution is 2.32. The largest absolute Gasteiger partial charge is 0.350 e. The van der Waals surface area contributed by atoms with Crippen LogP contribution in [0.5, 0.6) is 0 Å². The van der Waals surface area contributed by atoms with Crippen LogP contribution in [-0.4, -0.2) is 47.5 Å². The average molecular weight is 487 g/mol. The molecule has 3 aromatic rings. The fraction of sp³-hybridized carbons (Fsp3) is 0.286. The molecule has 2 atom stereocenters. The molecule has 2 amide bonds. The van der Waals surface area contributed by atoms with Crippen LogP contribution in [0.15, 0.2) is 60.1 Å². The second-order valence-corrected chi connectivity index (χ2v) is 9.98. The van der Waals surface area contributed by atoms with Crippen molar-refractivity contribution in [3.8, 4) is 11.3 Å². The Morgan fingerprint density at radius 2 is 2.00 bits per heavy atom. The number of thiazole rings is 1. The molecule has 1 aliphatic rings. The Balaban J connectivity index is 1.57. The zero-order chi connectivity index (χ0) is 24.9. The van der Waals surface area contributed by atoms with E-state index in [2.05, 4.69) is 35.5 Å². The number of carbonyl (C=O) groups is 2. The van der Waals surface area contributed by atoms with Crippen molar-refractivity contribution in [2.45, 2.75) is 32.7 Å². The van der Waals surface area contributed by atoms with E-state index >= 15 is 0 Å².